The first-order valence-electron chi connectivity index (χ1n) is 8.67. The molecule has 0 aliphatic carbocycles. The minimum atomic E-state index is -0.0450. The Morgan fingerprint density at radius 3 is 2.64 bits per heavy atom. The molecule has 7 heteroatoms. The molecule has 0 fully saturated rings. The molecule has 0 saturated carbocycles. The molecule has 0 saturated heterocycles. The molecule has 5 aromatic rings. The van der Waals surface area contributed by atoms with Crippen molar-refractivity contribution in [3.05, 3.63) is 78.5 Å². The molecule has 134 valence electrons. The Morgan fingerprint density at radius 1 is 0.857 bits per heavy atom. The van der Waals surface area contributed by atoms with Crippen molar-refractivity contribution in [3.63, 3.8) is 0 Å². The molecule has 0 atom stereocenters. The number of carbonyl (C=O) groups excluding carboxylic acids is 1. The summed E-state index contributed by atoms with van der Waals surface area (Å²) in [5.74, 6) is 0.405. The van der Waals surface area contributed by atoms with Gasteiger partial charge in [0.1, 0.15) is 0 Å². The summed E-state index contributed by atoms with van der Waals surface area (Å²) in [7, 11) is 0. The van der Waals surface area contributed by atoms with Crippen LogP contribution in [0.15, 0.2) is 71.7 Å². The normalized spacial score (nSPS) is 11.1. The van der Waals surface area contributed by atoms with Gasteiger partial charge >= 0.3 is 0 Å². The highest BCUT2D eigenvalue weighted by atomic mass is 16.3. The molecular formula is C21H13N5O2. The van der Waals surface area contributed by atoms with Gasteiger partial charge in [0.15, 0.2) is 17.0 Å². The van der Waals surface area contributed by atoms with E-state index in [0.29, 0.717) is 33.9 Å². The van der Waals surface area contributed by atoms with Crippen LogP contribution < -0.4 is 0 Å². The van der Waals surface area contributed by atoms with Crippen LogP contribution in [0.1, 0.15) is 16.1 Å². The fourth-order valence-corrected chi connectivity index (χ4v) is 3.00. The molecular weight excluding hydrogens is 354 g/mol. The molecule has 0 N–H and O–H groups in total. The second kappa shape index (κ2) is 6.62. The molecule has 28 heavy (non-hydrogen) atoms. The third-order valence-corrected chi connectivity index (χ3v) is 4.36. The number of fused-ring (bicyclic) bond motifs is 2. The number of Topliss-reactive ketones (excluding diaryl/α,β-unsaturated/α-hetero) is 1. The molecule has 7 nitrogen and oxygen atoms in total. The Morgan fingerprint density at radius 2 is 1.75 bits per heavy atom. The summed E-state index contributed by atoms with van der Waals surface area (Å²) >= 11 is 0. The zero-order valence-electron chi connectivity index (χ0n) is 14.6. The van der Waals surface area contributed by atoms with Crippen molar-refractivity contribution in [2.75, 3.05) is 0 Å². The van der Waals surface area contributed by atoms with Crippen molar-refractivity contribution in [1.29, 1.82) is 0 Å². The predicted octanol–water partition coefficient (Wildman–Crippen LogP) is 3.65. The van der Waals surface area contributed by atoms with Gasteiger partial charge in [-0.3, -0.25) is 19.7 Å². The number of rotatable bonds is 4. The molecule has 4 heterocycles. The van der Waals surface area contributed by atoms with E-state index in [1.165, 1.54) is 0 Å². The quantitative estimate of drug-likeness (QED) is 0.447. The van der Waals surface area contributed by atoms with Crippen LogP contribution in [0.5, 0.6) is 0 Å². The predicted molar refractivity (Wildman–Crippen MR) is 103 cm³/mol. The Balaban J connectivity index is 1.43. The van der Waals surface area contributed by atoms with Gasteiger partial charge in [-0.2, -0.15) is 4.98 Å². The van der Waals surface area contributed by atoms with Gasteiger partial charge in [-0.25, -0.2) is 4.98 Å². The topological polar surface area (TPSA) is 94.7 Å². The third kappa shape index (κ3) is 2.99. The maximum absolute atomic E-state index is 12.7. The average molecular weight is 367 g/mol. The minimum Gasteiger partial charge on any atom is -0.434 e. The van der Waals surface area contributed by atoms with Crippen molar-refractivity contribution in [2.24, 2.45) is 0 Å². The number of oxazole rings is 1. The molecule has 0 spiro atoms. The lowest BCUT2D eigenvalue weighted by molar-refractivity contribution is 0.0992. The van der Waals surface area contributed by atoms with E-state index in [1.54, 1.807) is 55.1 Å². The van der Waals surface area contributed by atoms with Gasteiger partial charge in [-0.1, -0.05) is 0 Å². The van der Waals surface area contributed by atoms with Crippen LogP contribution in [0.25, 0.3) is 33.7 Å². The fourth-order valence-electron chi connectivity index (χ4n) is 3.00. The minimum absolute atomic E-state index is 0.0450. The van der Waals surface area contributed by atoms with E-state index in [2.05, 4.69) is 24.9 Å². The second-order valence-electron chi connectivity index (χ2n) is 6.24. The average Bonchev–Trinajstić information content (AvgIpc) is 3.18. The number of nitrogens with zero attached hydrogens (tertiary/aromatic N) is 5. The number of benzene rings is 1. The highest BCUT2D eigenvalue weighted by Crippen LogP contribution is 2.23. The van der Waals surface area contributed by atoms with Crippen molar-refractivity contribution >= 4 is 28.0 Å². The van der Waals surface area contributed by atoms with Gasteiger partial charge in [0.2, 0.25) is 5.89 Å². The summed E-state index contributed by atoms with van der Waals surface area (Å²) in [5.41, 5.74) is 4.56. The summed E-state index contributed by atoms with van der Waals surface area (Å²) in [6.45, 7) is 0. The molecule has 0 unspecified atom stereocenters. The molecule has 0 amide bonds. The molecule has 0 radical (unpaired) electrons. The number of pyridine rings is 2. The van der Waals surface area contributed by atoms with E-state index in [4.69, 9.17) is 4.42 Å². The Kier molecular flexibility index (Phi) is 3.83. The van der Waals surface area contributed by atoms with E-state index < -0.39 is 0 Å². The van der Waals surface area contributed by atoms with Crippen LogP contribution in [-0.4, -0.2) is 30.7 Å². The van der Waals surface area contributed by atoms with E-state index in [0.717, 1.165) is 11.1 Å². The summed E-state index contributed by atoms with van der Waals surface area (Å²) in [4.78, 5) is 34.1. The van der Waals surface area contributed by atoms with Crippen LogP contribution >= 0.6 is 0 Å². The number of aromatic nitrogens is 5. The van der Waals surface area contributed by atoms with Gasteiger partial charge < -0.3 is 4.42 Å². The second-order valence-corrected chi connectivity index (χ2v) is 6.24. The highest BCUT2D eigenvalue weighted by molar-refractivity contribution is 5.99. The summed E-state index contributed by atoms with van der Waals surface area (Å²) < 4.78 is 5.75. The van der Waals surface area contributed by atoms with Crippen molar-refractivity contribution in [2.45, 2.75) is 6.42 Å². The smallest absolute Gasteiger partial charge is 0.229 e. The van der Waals surface area contributed by atoms with Crippen molar-refractivity contribution in [3.8, 4) is 11.5 Å². The van der Waals surface area contributed by atoms with Gasteiger partial charge in [-0.15, -0.1) is 0 Å². The Bertz CT molecular complexity index is 1300. The van der Waals surface area contributed by atoms with Gasteiger partial charge in [-0.05, 0) is 42.5 Å². The molecule has 5 rings (SSSR count). The van der Waals surface area contributed by atoms with Crippen LogP contribution in [0.2, 0.25) is 0 Å². The van der Waals surface area contributed by atoms with Crippen LogP contribution in [0.3, 0.4) is 0 Å². The maximum Gasteiger partial charge on any atom is 0.229 e. The number of hydrogen-bond donors (Lipinski definition) is 0. The highest BCUT2D eigenvalue weighted by Gasteiger charge is 2.13. The molecule has 1 aromatic carbocycles. The number of hydrogen-bond acceptors (Lipinski definition) is 7. The summed E-state index contributed by atoms with van der Waals surface area (Å²) in [6, 6.07) is 12.5. The number of ketones is 1. The standard InChI is InChI=1S/C21H13N5O2/c27-18(13-3-4-16-17(11-13)24-9-8-23-16)12-15-10-14(5-7-22-15)21-26-20-19(28-21)2-1-6-25-20/h1-11H,12H2. The number of carbonyl (C=O) groups is 1. The van der Waals surface area contributed by atoms with Crippen molar-refractivity contribution in [1.82, 2.24) is 24.9 Å². The zero-order chi connectivity index (χ0) is 18.9. The first kappa shape index (κ1) is 16.2. The third-order valence-electron chi connectivity index (χ3n) is 4.36. The van der Waals surface area contributed by atoms with Gasteiger partial charge in [0.25, 0.3) is 0 Å². The first-order chi connectivity index (χ1) is 13.8. The van der Waals surface area contributed by atoms with E-state index in [1.807, 2.05) is 12.1 Å². The van der Waals surface area contributed by atoms with Gasteiger partial charge in [0, 0.05) is 41.6 Å². The summed E-state index contributed by atoms with van der Waals surface area (Å²) in [6.07, 6.45) is 6.71. The monoisotopic (exact) mass is 367 g/mol. The molecule has 4 aromatic heterocycles. The lowest BCUT2D eigenvalue weighted by Gasteiger charge is -2.04. The van der Waals surface area contributed by atoms with Crippen molar-refractivity contribution < 1.29 is 9.21 Å². The first-order valence-corrected chi connectivity index (χ1v) is 8.67. The van der Waals surface area contributed by atoms with Crippen LogP contribution in [-0.2, 0) is 6.42 Å². The molecule has 0 bridgehead atoms. The Labute approximate surface area is 159 Å². The van der Waals surface area contributed by atoms with E-state index >= 15 is 0 Å². The van der Waals surface area contributed by atoms with E-state index in [9.17, 15) is 4.79 Å². The molecule has 0 aliphatic rings. The lowest BCUT2D eigenvalue weighted by atomic mass is 10.0. The van der Waals surface area contributed by atoms with Crippen LogP contribution in [0, 0.1) is 0 Å². The molecule has 0 aliphatic heterocycles. The zero-order valence-corrected chi connectivity index (χ0v) is 14.6. The van der Waals surface area contributed by atoms with Crippen LogP contribution in [0.4, 0.5) is 0 Å². The maximum atomic E-state index is 12.7. The summed E-state index contributed by atoms with van der Waals surface area (Å²) in [5, 5.41) is 0. The fraction of sp³-hybridized carbons (Fsp3) is 0.0476. The van der Waals surface area contributed by atoms with Gasteiger partial charge in [0.05, 0.1) is 17.5 Å². The largest absolute Gasteiger partial charge is 0.434 e. The SMILES string of the molecule is O=C(Cc1cc(-c2nc3ncccc3o2)ccn1)c1ccc2nccnc2c1. The van der Waals surface area contributed by atoms with E-state index in [-0.39, 0.29) is 12.2 Å². The lowest BCUT2D eigenvalue weighted by Crippen LogP contribution is -2.05. The Hall–Kier alpha value is -4.00.